The summed E-state index contributed by atoms with van der Waals surface area (Å²) < 4.78 is 40.9. The van der Waals surface area contributed by atoms with Gasteiger partial charge < -0.3 is 10.6 Å². The molecule has 0 aliphatic rings. The topological polar surface area (TPSA) is 75.4 Å². The number of sulfonamides is 1. The minimum absolute atomic E-state index is 0.0394. The van der Waals surface area contributed by atoms with E-state index in [1.165, 1.54) is 19.1 Å². The summed E-state index contributed by atoms with van der Waals surface area (Å²) in [7, 11) is -3.73. The van der Waals surface area contributed by atoms with E-state index in [0.29, 0.717) is 12.1 Å². The van der Waals surface area contributed by atoms with E-state index in [4.69, 9.17) is 5.73 Å². The highest BCUT2D eigenvalue weighted by Crippen LogP contribution is 2.20. The molecule has 0 aliphatic heterocycles. The highest BCUT2D eigenvalue weighted by molar-refractivity contribution is 7.89. The molecule has 0 unspecified atom stereocenters. The van der Waals surface area contributed by atoms with Gasteiger partial charge in [-0.3, -0.25) is 0 Å². The van der Waals surface area contributed by atoms with Gasteiger partial charge in [0.25, 0.3) is 0 Å². The Bertz CT molecular complexity index is 572. The summed E-state index contributed by atoms with van der Waals surface area (Å²) in [6, 6.07) is 2.70. The Hall–Kier alpha value is -1.02. The van der Waals surface area contributed by atoms with Gasteiger partial charge in [0.05, 0.1) is 4.90 Å². The molecule has 0 atom stereocenters. The number of benzene rings is 1. The van der Waals surface area contributed by atoms with Crippen LogP contribution in [0.15, 0.2) is 17.0 Å². The Morgan fingerprint density at radius 3 is 2.43 bits per heavy atom. The Morgan fingerprint density at radius 1 is 1.29 bits per heavy atom. The monoisotopic (exact) mass is 317 g/mol. The molecule has 0 saturated carbocycles. The lowest BCUT2D eigenvalue weighted by atomic mass is 10.1. The van der Waals surface area contributed by atoms with Gasteiger partial charge >= 0.3 is 0 Å². The van der Waals surface area contributed by atoms with Crippen molar-refractivity contribution in [2.75, 3.05) is 26.2 Å². The first kappa shape index (κ1) is 18.0. The second-order valence-corrected chi connectivity index (χ2v) is 6.56. The average Bonchev–Trinajstić information content (AvgIpc) is 2.46. The van der Waals surface area contributed by atoms with Crippen LogP contribution in [-0.4, -0.2) is 39.5 Å². The number of hydrogen-bond acceptors (Lipinski definition) is 4. The molecule has 0 aromatic heterocycles. The van der Waals surface area contributed by atoms with Crippen LogP contribution in [0, 0.1) is 12.7 Å². The molecular weight excluding hydrogens is 293 g/mol. The highest BCUT2D eigenvalue weighted by Gasteiger charge is 2.19. The van der Waals surface area contributed by atoms with Crippen LogP contribution in [0.4, 0.5) is 4.39 Å². The molecule has 21 heavy (non-hydrogen) atoms. The van der Waals surface area contributed by atoms with Crippen molar-refractivity contribution >= 4 is 10.0 Å². The van der Waals surface area contributed by atoms with Crippen LogP contribution in [0.1, 0.15) is 25.0 Å². The Balaban J connectivity index is 2.90. The molecule has 0 bridgehead atoms. The van der Waals surface area contributed by atoms with E-state index in [2.05, 4.69) is 9.62 Å². The molecule has 120 valence electrons. The van der Waals surface area contributed by atoms with Crippen LogP contribution in [0.2, 0.25) is 0 Å². The molecule has 1 rings (SSSR count). The van der Waals surface area contributed by atoms with E-state index >= 15 is 0 Å². The van der Waals surface area contributed by atoms with Crippen molar-refractivity contribution < 1.29 is 12.8 Å². The SMILES string of the molecule is CCN(CC)CCNS(=O)(=O)c1cc(CN)cc(F)c1C. The smallest absolute Gasteiger partial charge is 0.240 e. The number of nitrogens with two attached hydrogens (primary N) is 1. The van der Waals surface area contributed by atoms with Crippen LogP contribution in [-0.2, 0) is 16.6 Å². The molecule has 0 saturated heterocycles. The molecule has 0 amide bonds. The van der Waals surface area contributed by atoms with Crippen molar-refractivity contribution in [1.82, 2.24) is 9.62 Å². The van der Waals surface area contributed by atoms with Crippen molar-refractivity contribution in [3.63, 3.8) is 0 Å². The third kappa shape index (κ3) is 4.74. The lowest BCUT2D eigenvalue weighted by Gasteiger charge is -2.18. The standard InChI is InChI=1S/C14H24FN3O2S/c1-4-18(5-2)7-6-17-21(19,20)14-9-12(10-16)8-13(15)11(14)3/h8-9,17H,4-7,10,16H2,1-3H3. The number of rotatable bonds is 8. The molecule has 0 radical (unpaired) electrons. The summed E-state index contributed by atoms with van der Waals surface area (Å²) >= 11 is 0. The zero-order chi connectivity index (χ0) is 16.0. The minimum Gasteiger partial charge on any atom is -0.326 e. The van der Waals surface area contributed by atoms with Gasteiger partial charge in [-0.25, -0.2) is 17.5 Å². The van der Waals surface area contributed by atoms with Gasteiger partial charge in [0.1, 0.15) is 5.82 Å². The first-order chi connectivity index (χ1) is 9.85. The second-order valence-electron chi connectivity index (χ2n) is 4.83. The fourth-order valence-corrected chi connectivity index (χ4v) is 3.38. The molecule has 0 aliphatic carbocycles. The summed E-state index contributed by atoms with van der Waals surface area (Å²) in [5.74, 6) is -0.554. The van der Waals surface area contributed by atoms with Gasteiger partial charge in [-0.05, 0) is 37.7 Å². The largest absolute Gasteiger partial charge is 0.326 e. The highest BCUT2D eigenvalue weighted by atomic mass is 32.2. The fourth-order valence-electron chi connectivity index (χ4n) is 2.06. The number of nitrogens with one attached hydrogen (secondary N) is 1. The molecule has 5 nitrogen and oxygen atoms in total. The zero-order valence-corrected chi connectivity index (χ0v) is 13.6. The number of halogens is 1. The van der Waals surface area contributed by atoms with Crippen LogP contribution in [0.3, 0.4) is 0 Å². The molecule has 1 aromatic rings. The summed E-state index contributed by atoms with van der Waals surface area (Å²) in [6.07, 6.45) is 0. The van der Waals surface area contributed by atoms with Gasteiger partial charge in [0.2, 0.25) is 10.0 Å². The zero-order valence-electron chi connectivity index (χ0n) is 12.8. The third-order valence-electron chi connectivity index (χ3n) is 3.50. The predicted molar refractivity (Wildman–Crippen MR) is 82.0 cm³/mol. The predicted octanol–water partition coefficient (Wildman–Crippen LogP) is 1.21. The van der Waals surface area contributed by atoms with Crippen molar-refractivity contribution in [3.8, 4) is 0 Å². The van der Waals surface area contributed by atoms with Crippen molar-refractivity contribution in [1.29, 1.82) is 0 Å². The maximum atomic E-state index is 13.8. The van der Waals surface area contributed by atoms with E-state index in [9.17, 15) is 12.8 Å². The van der Waals surface area contributed by atoms with Crippen LogP contribution < -0.4 is 10.5 Å². The Morgan fingerprint density at radius 2 is 1.90 bits per heavy atom. The minimum atomic E-state index is -3.73. The molecule has 0 heterocycles. The first-order valence-corrected chi connectivity index (χ1v) is 8.55. The molecule has 7 heteroatoms. The molecule has 3 N–H and O–H groups in total. The lowest BCUT2D eigenvalue weighted by Crippen LogP contribution is -2.35. The fraction of sp³-hybridized carbons (Fsp3) is 0.571. The van der Waals surface area contributed by atoms with Gasteiger partial charge in [0.15, 0.2) is 0 Å². The Labute approximate surface area is 126 Å². The maximum Gasteiger partial charge on any atom is 0.240 e. The summed E-state index contributed by atoms with van der Waals surface area (Å²) in [4.78, 5) is 2.06. The van der Waals surface area contributed by atoms with Gasteiger partial charge in [-0.2, -0.15) is 0 Å². The maximum absolute atomic E-state index is 13.8. The summed E-state index contributed by atoms with van der Waals surface area (Å²) in [5, 5.41) is 0. The van der Waals surface area contributed by atoms with E-state index in [-0.39, 0.29) is 23.5 Å². The average molecular weight is 317 g/mol. The van der Waals surface area contributed by atoms with Crippen molar-refractivity contribution in [2.45, 2.75) is 32.2 Å². The molecular formula is C14H24FN3O2S. The number of hydrogen-bond donors (Lipinski definition) is 2. The normalized spacial score (nSPS) is 12.1. The Kier molecular flexibility index (Phi) is 6.73. The van der Waals surface area contributed by atoms with Crippen molar-refractivity contribution in [2.24, 2.45) is 5.73 Å². The van der Waals surface area contributed by atoms with E-state index < -0.39 is 15.8 Å². The first-order valence-electron chi connectivity index (χ1n) is 7.06. The van der Waals surface area contributed by atoms with Crippen LogP contribution in [0.5, 0.6) is 0 Å². The molecule has 1 aromatic carbocycles. The van der Waals surface area contributed by atoms with Gasteiger partial charge in [-0.1, -0.05) is 13.8 Å². The number of nitrogens with zero attached hydrogens (tertiary/aromatic N) is 1. The van der Waals surface area contributed by atoms with E-state index in [0.717, 1.165) is 13.1 Å². The summed E-state index contributed by atoms with van der Waals surface area (Å²) in [6.45, 7) is 8.20. The number of likely N-dealkylation sites (N-methyl/N-ethyl adjacent to an activating group) is 1. The van der Waals surface area contributed by atoms with Gasteiger partial charge in [0, 0.05) is 25.2 Å². The molecule has 0 spiro atoms. The quantitative estimate of drug-likeness (QED) is 0.756. The summed E-state index contributed by atoms with van der Waals surface area (Å²) in [5.41, 5.74) is 6.04. The lowest BCUT2D eigenvalue weighted by molar-refractivity contribution is 0.309. The van der Waals surface area contributed by atoms with E-state index in [1.54, 1.807) is 0 Å². The van der Waals surface area contributed by atoms with Crippen molar-refractivity contribution in [3.05, 3.63) is 29.1 Å². The van der Waals surface area contributed by atoms with Gasteiger partial charge in [-0.15, -0.1) is 0 Å². The molecule has 0 fully saturated rings. The second kappa shape index (κ2) is 7.84. The van der Waals surface area contributed by atoms with Crippen LogP contribution >= 0.6 is 0 Å². The third-order valence-corrected chi connectivity index (χ3v) is 5.08. The van der Waals surface area contributed by atoms with E-state index in [1.807, 2.05) is 13.8 Å². The van der Waals surface area contributed by atoms with Crippen LogP contribution in [0.25, 0.3) is 0 Å².